The Balaban J connectivity index is 1.37. The highest BCUT2D eigenvalue weighted by Gasteiger charge is 2.32. The van der Waals surface area contributed by atoms with Gasteiger partial charge in [0.25, 0.3) is 0 Å². The summed E-state index contributed by atoms with van der Waals surface area (Å²) in [5.41, 5.74) is 3.99. The monoisotopic (exact) mass is 882 g/mol. The smallest absolute Gasteiger partial charge is 0.411 e. The molecule has 0 N–H and O–H groups in total. The van der Waals surface area contributed by atoms with E-state index in [1.807, 2.05) is 26.0 Å². The van der Waals surface area contributed by atoms with Gasteiger partial charge >= 0.3 is 12.4 Å². The Kier molecular flexibility index (Phi) is 15.4. The Hall–Kier alpha value is -5.66. The van der Waals surface area contributed by atoms with E-state index in [0.29, 0.717) is 46.2 Å². The highest BCUT2D eigenvalue weighted by atomic mass is 19.4. The zero-order chi connectivity index (χ0) is 45.3. The van der Waals surface area contributed by atoms with Crippen molar-refractivity contribution < 1.29 is 58.1 Å². The molecule has 3 nitrogen and oxygen atoms in total. The molecule has 0 aliphatic rings. The van der Waals surface area contributed by atoms with Gasteiger partial charge in [-0.25, -0.2) is 17.6 Å². The molecular formula is C50H44F10O3. The molecule has 2 atom stereocenters. The van der Waals surface area contributed by atoms with Crippen LogP contribution in [0.4, 0.5) is 43.9 Å². The Morgan fingerprint density at radius 2 is 0.841 bits per heavy atom. The fourth-order valence-corrected chi connectivity index (χ4v) is 7.28. The van der Waals surface area contributed by atoms with Gasteiger partial charge in [-0.1, -0.05) is 124 Å². The number of aryl methyl sites for hydroxylation is 2. The van der Waals surface area contributed by atoms with Gasteiger partial charge in [0.1, 0.15) is 36.3 Å². The van der Waals surface area contributed by atoms with Crippen molar-refractivity contribution in [2.75, 3.05) is 13.2 Å². The fourth-order valence-electron chi connectivity index (χ4n) is 7.28. The molecule has 332 valence electrons. The van der Waals surface area contributed by atoms with E-state index in [0.717, 1.165) is 24.0 Å². The Labute approximate surface area is 359 Å². The number of hydrogen-bond acceptors (Lipinski definition) is 3. The van der Waals surface area contributed by atoms with Crippen molar-refractivity contribution in [3.8, 4) is 33.8 Å². The average molecular weight is 883 g/mol. The molecule has 63 heavy (non-hydrogen) atoms. The second kappa shape index (κ2) is 20.7. The maximum absolute atomic E-state index is 15.7. The molecule has 0 aliphatic heterocycles. The summed E-state index contributed by atoms with van der Waals surface area (Å²) in [6.45, 7) is 0.179. The molecule has 0 amide bonds. The molecule has 0 bridgehead atoms. The highest BCUT2D eigenvalue weighted by Crippen LogP contribution is 2.40. The second-order valence-corrected chi connectivity index (χ2v) is 15.1. The number of rotatable bonds is 18. The quantitative estimate of drug-likeness (QED) is 0.0805. The number of hydrogen-bond donors (Lipinski definition) is 0. The van der Waals surface area contributed by atoms with Gasteiger partial charge < -0.3 is 14.2 Å². The molecule has 2 unspecified atom stereocenters. The van der Waals surface area contributed by atoms with E-state index in [1.54, 1.807) is 60.7 Å². The predicted molar refractivity (Wildman–Crippen MR) is 222 cm³/mol. The molecule has 0 saturated carbocycles. The minimum atomic E-state index is -4.85. The third-order valence-electron chi connectivity index (χ3n) is 10.3. The van der Waals surface area contributed by atoms with Crippen molar-refractivity contribution in [2.45, 2.75) is 77.4 Å². The van der Waals surface area contributed by atoms with E-state index >= 15 is 17.6 Å². The van der Waals surface area contributed by atoms with Crippen LogP contribution in [0.25, 0.3) is 22.3 Å². The lowest BCUT2D eigenvalue weighted by atomic mass is 9.95. The zero-order valence-corrected chi connectivity index (χ0v) is 34.4. The Morgan fingerprint density at radius 1 is 0.476 bits per heavy atom. The maximum atomic E-state index is 15.7. The van der Waals surface area contributed by atoms with Crippen LogP contribution in [0.5, 0.6) is 11.5 Å². The number of alkyl halides is 8. The summed E-state index contributed by atoms with van der Waals surface area (Å²) in [4.78, 5) is 0. The molecule has 6 aromatic carbocycles. The van der Waals surface area contributed by atoms with Crippen LogP contribution in [0, 0.1) is 11.6 Å². The van der Waals surface area contributed by atoms with Crippen LogP contribution >= 0.6 is 0 Å². The minimum absolute atomic E-state index is 0.0489. The third kappa shape index (κ3) is 12.7. The SMILES string of the molecule is CCCc1ccc(-c2ccc(Cc3c(Oc4cccc(C(F)OCC(F)(F)F)c4Cc4ccc(-c5ccc(CCC)cc5F)cc4)cccc3C(F)OCC(F)(F)F)cc2)c(F)c1. The molecule has 6 aromatic rings. The summed E-state index contributed by atoms with van der Waals surface area (Å²) in [5.74, 6) is -0.989. The lowest BCUT2D eigenvalue weighted by Crippen LogP contribution is -2.19. The first-order valence-corrected chi connectivity index (χ1v) is 20.3. The fraction of sp³-hybridized carbons (Fsp3) is 0.280. The summed E-state index contributed by atoms with van der Waals surface area (Å²) in [7, 11) is 0. The second-order valence-electron chi connectivity index (χ2n) is 15.1. The molecular weight excluding hydrogens is 839 g/mol. The van der Waals surface area contributed by atoms with E-state index in [2.05, 4.69) is 9.47 Å². The highest BCUT2D eigenvalue weighted by molar-refractivity contribution is 5.66. The summed E-state index contributed by atoms with van der Waals surface area (Å²) < 4.78 is 156. The first kappa shape index (κ1) is 46.8. The lowest BCUT2D eigenvalue weighted by Gasteiger charge is -2.22. The lowest BCUT2D eigenvalue weighted by molar-refractivity contribution is -0.203. The van der Waals surface area contributed by atoms with Gasteiger partial charge in [0.15, 0.2) is 0 Å². The predicted octanol–water partition coefficient (Wildman–Crippen LogP) is 15.3. The standard InChI is InChI=1S/C50H44F10O3/c1-3-7-31-17-23-37(43(51)27-31)35-19-13-33(14-20-35)25-41-39(47(53)61-29-49(55,56)57)9-5-11-45(41)63-46-12-6-10-40(48(54)62-30-50(58,59)60)42(46)26-34-15-21-36(22-16-34)38-24-18-32(8-4-2)28-44(38)52/h5-6,9-24,27-28,47-48H,3-4,7-8,25-26,29-30H2,1-2H3. The molecule has 0 spiro atoms. The molecule has 0 fully saturated rings. The van der Waals surface area contributed by atoms with Crippen molar-refractivity contribution in [1.82, 2.24) is 0 Å². The van der Waals surface area contributed by atoms with Gasteiger partial charge in [0, 0.05) is 46.2 Å². The first-order chi connectivity index (χ1) is 30.0. The zero-order valence-electron chi connectivity index (χ0n) is 34.4. The van der Waals surface area contributed by atoms with E-state index in [1.165, 1.54) is 48.5 Å². The van der Waals surface area contributed by atoms with Crippen LogP contribution in [0.3, 0.4) is 0 Å². The van der Waals surface area contributed by atoms with Gasteiger partial charge in [-0.3, -0.25) is 0 Å². The van der Waals surface area contributed by atoms with Crippen LogP contribution in [-0.4, -0.2) is 25.6 Å². The van der Waals surface area contributed by atoms with E-state index < -0.39 is 49.9 Å². The summed E-state index contributed by atoms with van der Waals surface area (Å²) in [5, 5.41) is 0. The summed E-state index contributed by atoms with van der Waals surface area (Å²) in [6, 6.07) is 31.0. The van der Waals surface area contributed by atoms with Crippen LogP contribution < -0.4 is 4.74 Å². The number of halogens is 10. The van der Waals surface area contributed by atoms with Crippen molar-refractivity contribution >= 4 is 0 Å². The Morgan fingerprint density at radius 3 is 1.17 bits per heavy atom. The maximum Gasteiger partial charge on any atom is 0.411 e. The first-order valence-electron chi connectivity index (χ1n) is 20.3. The van der Waals surface area contributed by atoms with Crippen LogP contribution in [0.15, 0.2) is 121 Å². The molecule has 0 aliphatic carbocycles. The van der Waals surface area contributed by atoms with Gasteiger partial charge in [-0.2, -0.15) is 26.3 Å². The minimum Gasteiger partial charge on any atom is -0.457 e. The third-order valence-corrected chi connectivity index (χ3v) is 10.3. The molecule has 13 heteroatoms. The summed E-state index contributed by atoms with van der Waals surface area (Å²) in [6.07, 6.45) is -12.0. The normalized spacial score (nSPS) is 13.0. The topological polar surface area (TPSA) is 27.7 Å². The average Bonchev–Trinajstić information content (AvgIpc) is 3.23. The van der Waals surface area contributed by atoms with Crippen molar-refractivity contribution in [1.29, 1.82) is 0 Å². The largest absolute Gasteiger partial charge is 0.457 e. The van der Waals surface area contributed by atoms with Gasteiger partial charge in [-0.05, 0) is 70.5 Å². The van der Waals surface area contributed by atoms with Crippen molar-refractivity contribution in [2.24, 2.45) is 0 Å². The van der Waals surface area contributed by atoms with Crippen molar-refractivity contribution in [3.05, 3.63) is 177 Å². The van der Waals surface area contributed by atoms with Gasteiger partial charge in [0.2, 0.25) is 12.7 Å². The van der Waals surface area contributed by atoms with Crippen LogP contribution in [0.2, 0.25) is 0 Å². The number of benzene rings is 6. The van der Waals surface area contributed by atoms with E-state index in [-0.39, 0.29) is 46.6 Å². The van der Waals surface area contributed by atoms with E-state index in [4.69, 9.17) is 4.74 Å². The summed E-state index contributed by atoms with van der Waals surface area (Å²) >= 11 is 0. The van der Waals surface area contributed by atoms with Crippen LogP contribution in [-0.2, 0) is 35.2 Å². The Bertz CT molecular complexity index is 2270. The molecule has 0 heterocycles. The number of ether oxygens (including phenoxy) is 3. The van der Waals surface area contributed by atoms with Gasteiger partial charge in [0.05, 0.1) is 0 Å². The molecule has 0 saturated heterocycles. The van der Waals surface area contributed by atoms with Crippen LogP contribution in [0.1, 0.15) is 83.9 Å². The molecule has 0 aromatic heterocycles. The van der Waals surface area contributed by atoms with E-state index in [9.17, 15) is 26.3 Å². The molecule has 6 rings (SSSR count). The van der Waals surface area contributed by atoms with Gasteiger partial charge in [-0.15, -0.1) is 0 Å². The van der Waals surface area contributed by atoms with Crippen molar-refractivity contribution in [3.63, 3.8) is 0 Å². The molecule has 0 radical (unpaired) electrons.